The fourth-order valence-corrected chi connectivity index (χ4v) is 6.03. The van der Waals surface area contributed by atoms with Gasteiger partial charge in [-0.3, -0.25) is 19.3 Å². The average molecular weight is 563 g/mol. The summed E-state index contributed by atoms with van der Waals surface area (Å²) >= 11 is 0. The van der Waals surface area contributed by atoms with Crippen molar-refractivity contribution in [2.24, 2.45) is 11.8 Å². The van der Waals surface area contributed by atoms with Crippen molar-refractivity contribution in [3.63, 3.8) is 0 Å². The van der Waals surface area contributed by atoms with Gasteiger partial charge in [0.2, 0.25) is 0 Å². The van der Waals surface area contributed by atoms with Gasteiger partial charge in [0.25, 0.3) is 11.8 Å². The number of imidazole rings is 1. The van der Waals surface area contributed by atoms with Crippen LogP contribution in [-0.2, 0) is 6.54 Å². The van der Waals surface area contributed by atoms with E-state index in [1.54, 1.807) is 16.9 Å². The van der Waals surface area contributed by atoms with Crippen molar-refractivity contribution in [1.29, 1.82) is 0 Å². The Balaban J connectivity index is 1.31. The molecular formula is C29H32F2N8O2. The van der Waals surface area contributed by atoms with E-state index in [9.17, 15) is 18.4 Å². The molecule has 1 aliphatic heterocycles. The van der Waals surface area contributed by atoms with Crippen LogP contribution in [0.2, 0.25) is 0 Å². The summed E-state index contributed by atoms with van der Waals surface area (Å²) in [6.45, 7) is 3.61. The minimum atomic E-state index is -2.86. The van der Waals surface area contributed by atoms with Crippen LogP contribution in [0.1, 0.15) is 78.5 Å². The molecule has 1 saturated carbocycles. The van der Waals surface area contributed by atoms with Gasteiger partial charge in [0.1, 0.15) is 11.5 Å². The maximum atomic E-state index is 13.4. The summed E-state index contributed by atoms with van der Waals surface area (Å²) in [5.74, 6) is -1.88. The van der Waals surface area contributed by atoms with Gasteiger partial charge in [0.05, 0.1) is 30.5 Å². The Morgan fingerprint density at radius 1 is 1.10 bits per heavy atom. The normalized spacial score (nSPS) is 21.0. The number of amides is 1. The van der Waals surface area contributed by atoms with E-state index >= 15 is 0 Å². The molecule has 1 saturated heterocycles. The predicted octanol–water partition coefficient (Wildman–Crippen LogP) is 4.91. The van der Waals surface area contributed by atoms with Gasteiger partial charge in [-0.2, -0.15) is 5.10 Å². The highest BCUT2D eigenvalue weighted by Crippen LogP contribution is 2.40. The third kappa shape index (κ3) is 5.34. The second kappa shape index (κ2) is 10.7. The van der Waals surface area contributed by atoms with E-state index < -0.39 is 24.9 Å². The van der Waals surface area contributed by atoms with Crippen LogP contribution < -0.4 is 0 Å². The summed E-state index contributed by atoms with van der Waals surface area (Å²) in [7, 11) is 0. The molecule has 214 valence electrons. The number of carbonyl (C=O) groups excluding carboxylic acids is 2. The lowest BCUT2D eigenvalue weighted by Gasteiger charge is -2.38. The first-order valence-corrected chi connectivity index (χ1v) is 14.1. The summed E-state index contributed by atoms with van der Waals surface area (Å²) in [6, 6.07) is 3.26. The third-order valence-corrected chi connectivity index (χ3v) is 8.37. The number of rotatable bonds is 8. The monoisotopic (exact) mass is 562 g/mol. The van der Waals surface area contributed by atoms with Gasteiger partial charge < -0.3 is 9.88 Å². The number of ketones is 1. The number of halogens is 2. The first-order chi connectivity index (χ1) is 19.7. The first-order valence-electron chi connectivity index (χ1n) is 14.1. The topological polar surface area (TPSA) is 123 Å². The molecular weight excluding hydrogens is 530 g/mol. The number of alkyl halides is 2. The first kappa shape index (κ1) is 27.1. The predicted molar refractivity (Wildman–Crippen MR) is 146 cm³/mol. The zero-order valence-electron chi connectivity index (χ0n) is 23.1. The fourth-order valence-electron chi connectivity index (χ4n) is 6.03. The number of aromatic nitrogens is 7. The maximum Gasteiger partial charge on any atom is 0.282 e. The molecule has 4 aromatic heterocycles. The molecule has 41 heavy (non-hydrogen) atoms. The van der Waals surface area contributed by atoms with Gasteiger partial charge in [-0.05, 0) is 43.7 Å². The summed E-state index contributed by atoms with van der Waals surface area (Å²) < 4.78 is 28.5. The fraction of sp³-hybridized carbons (Fsp3) is 0.483. The van der Waals surface area contributed by atoms with Gasteiger partial charge >= 0.3 is 0 Å². The number of Topliss-reactive ketones (excluding diaryl/α,β-unsaturated/α-hetero) is 1. The number of carbonyl (C=O) groups is 2. The SMILES string of the molecule is CCn1nccc1C(=O)CC(c1nc2ncc(-c3cnccc3C(=O)N3CC(F)(F)C3)nc2[nH]1)C1CCC(C)CC1. The number of hydrogen-bond acceptors (Lipinski definition) is 7. The highest BCUT2D eigenvalue weighted by molar-refractivity contribution is 6.01. The summed E-state index contributed by atoms with van der Waals surface area (Å²) in [5.41, 5.74) is 2.43. The van der Waals surface area contributed by atoms with E-state index in [1.165, 1.54) is 24.7 Å². The van der Waals surface area contributed by atoms with Crippen LogP contribution in [0.25, 0.3) is 22.6 Å². The van der Waals surface area contributed by atoms with Crippen molar-refractivity contribution in [3.05, 3.63) is 54.0 Å². The van der Waals surface area contributed by atoms with Gasteiger partial charge in [0, 0.05) is 43.0 Å². The van der Waals surface area contributed by atoms with E-state index in [1.807, 2.05) is 6.92 Å². The van der Waals surface area contributed by atoms with Crippen molar-refractivity contribution < 1.29 is 18.4 Å². The average Bonchev–Trinajstić information content (AvgIpc) is 3.61. The van der Waals surface area contributed by atoms with Crippen LogP contribution in [0.15, 0.2) is 36.9 Å². The number of nitrogens with one attached hydrogen (secondary N) is 1. The zero-order chi connectivity index (χ0) is 28.7. The molecule has 12 heteroatoms. The Morgan fingerprint density at radius 2 is 1.88 bits per heavy atom. The van der Waals surface area contributed by atoms with Crippen molar-refractivity contribution in [1.82, 2.24) is 39.6 Å². The smallest absolute Gasteiger partial charge is 0.282 e. The van der Waals surface area contributed by atoms with Gasteiger partial charge in [0.15, 0.2) is 17.1 Å². The molecule has 6 rings (SSSR count). The van der Waals surface area contributed by atoms with E-state index in [0.717, 1.165) is 30.6 Å². The molecule has 0 spiro atoms. The Bertz CT molecular complexity index is 1580. The molecule has 0 radical (unpaired) electrons. The largest absolute Gasteiger partial charge is 0.326 e. The molecule has 5 heterocycles. The highest BCUT2D eigenvalue weighted by atomic mass is 19.3. The molecule has 0 aromatic carbocycles. The quantitative estimate of drug-likeness (QED) is 0.303. The van der Waals surface area contributed by atoms with E-state index in [4.69, 9.17) is 9.97 Å². The van der Waals surface area contributed by atoms with Crippen LogP contribution in [0.5, 0.6) is 0 Å². The lowest BCUT2D eigenvalue weighted by atomic mass is 9.74. The molecule has 1 N–H and O–H groups in total. The lowest BCUT2D eigenvalue weighted by molar-refractivity contribution is -0.113. The third-order valence-electron chi connectivity index (χ3n) is 8.37. The zero-order valence-corrected chi connectivity index (χ0v) is 23.1. The van der Waals surface area contributed by atoms with Gasteiger partial charge in [-0.15, -0.1) is 0 Å². The molecule has 1 atom stereocenters. The number of pyridine rings is 1. The number of aryl methyl sites for hydroxylation is 1. The molecule has 2 aliphatic rings. The van der Waals surface area contributed by atoms with Crippen LogP contribution >= 0.6 is 0 Å². The van der Waals surface area contributed by atoms with Crippen LogP contribution in [0, 0.1) is 11.8 Å². The Morgan fingerprint density at radius 3 is 2.61 bits per heavy atom. The van der Waals surface area contributed by atoms with Crippen LogP contribution in [0.4, 0.5) is 8.78 Å². The Hall–Kier alpha value is -4.09. The molecule has 1 amide bonds. The summed E-state index contributed by atoms with van der Waals surface area (Å²) in [4.78, 5) is 48.9. The van der Waals surface area contributed by atoms with E-state index in [2.05, 4.69) is 27.0 Å². The highest BCUT2D eigenvalue weighted by Gasteiger charge is 2.46. The van der Waals surface area contributed by atoms with Crippen molar-refractivity contribution in [2.45, 2.75) is 64.3 Å². The number of H-pyrrole nitrogens is 1. The Labute approximate surface area is 235 Å². The summed E-state index contributed by atoms with van der Waals surface area (Å²) in [5, 5.41) is 4.26. The number of fused-ring (bicyclic) bond motifs is 1. The van der Waals surface area contributed by atoms with E-state index in [-0.39, 0.29) is 23.2 Å². The second-order valence-corrected chi connectivity index (χ2v) is 11.3. The lowest BCUT2D eigenvalue weighted by Crippen LogP contribution is -2.58. The van der Waals surface area contributed by atoms with Crippen LogP contribution in [-0.4, -0.2) is 70.3 Å². The minimum absolute atomic E-state index is 0.0186. The molecule has 10 nitrogen and oxygen atoms in total. The maximum absolute atomic E-state index is 13.4. The van der Waals surface area contributed by atoms with Crippen molar-refractivity contribution >= 4 is 23.0 Å². The molecule has 1 aliphatic carbocycles. The van der Waals surface area contributed by atoms with E-state index in [0.29, 0.717) is 53.0 Å². The van der Waals surface area contributed by atoms with Gasteiger partial charge in [-0.25, -0.2) is 23.7 Å². The summed E-state index contributed by atoms with van der Waals surface area (Å²) in [6.07, 6.45) is 10.6. The molecule has 4 aromatic rings. The number of hydrogen-bond donors (Lipinski definition) is 1. The van der Waals surface area contributed by atoms with Crippen molar-refractivity contribution in [2.75, 3.05) is 13.1 Å². The van der Waals surface area contributed by atoms with Gasteiger partial charge in [-0.1, -0.05) is 19.8 Å². The Kier molecular flexibility index (Phi) is 7.08. The molecule has 1 unspecified atom stereocenters. The number of likely N-dealkylation sites (tertiary alicyclic amines) is 1. The molecule has 0 bridgehead atoms. The second-order valence-electron chi connectivity index (χ2n) is 11.3. The van der Waals surface area contributed by atoms with Crippen LogP contribution in [0.3, 0.4) is 0 Å². The molecule has 2 fully saturated rings. The van der Waals surface area contributed by atoms with Crippen molar-refractivity contribution in [3.8, 4) is 11.3 Å². The standard InChI is InChI=1S/C29H32F2N8O2/c1-3-39-23(9-11-34-39)24(40)12-20(18-6-4-17(2)5-7-18)25-36-26-27(37-25)35-22(14-33-26)21-13-32-10-8-19(21)28(41)38-15-29(30,31)16-38/h8-11,13-14,17-18,20H,3-7,12,15-16H2,1-2H3,(H,33,35,36,37). The minimum Gasteiger partial charge on any atom is -0.326 e. The number of aromatic amines is 1. The number of nitrogens with zero attached hydrogens (tertiary/aromatic N) is 7.